The van der Waals surface area contributed by atoms with Crippen LogP contribution >= 0.6 is 0 Å². The third-order valence-corrected chi connectivity index (χ3v) is 4.58. The van der Waals surface area contributed by atoms with E-state index in [1.54, 1.807) is 6.26 Å². The van der Waals surface area contributed by atoms with Crippen LogP contribution in [0.2, 0.25) is 0 Å². The topological polar surface area (TPSA) is 53.8 Å². The molecule has 1 aromatic heterocycles. The molecule has 1 aliphatic rings. The Bertz CT molecular complexity index is 701. The minimum Gasteiger partial charge on any atom is -0.609 e. The van der Waals surface area contributed by atoms with Crippen LogP contribution in [0.25, 0.3) is 11.8 Å². The summed E-state index contributed by atoms with van der Waals surface area (Å²) in [6.45, 7) is 6.25. The second-order valence-electron chi connectivity index (χ2n) is 5.59. The van der Waals surface area contributed by atoms with Gasteiger partial charge in [0.2, 0.25) is 0 Å². The van der Waals surface area contributed by atoms with Gasteiger partial charge in [-0.25, -0.2) is 4.57 Å². The Kier molecular flexibility index (Phi) is 2.99. The second-order valence-corrected chi connectivity index (χ2v) is 6.87. The van der Waals surface area contributed by atoms with Gasteiger partial charge in [0.25, 0.3) is 0 Å². The molecule has 2 heterocycles. The van der Waals surface area contributed by atoms with Gasteiger partial charge < -0.3 is 4.55 Å². The van der Waals surface area contributed by atoms with Crippen LogP contribution in [0.3, 0.4) is 0 Å². The molecule has 1 atom stereocenters. The standard InChI is InChI=1S/C15H17N3OS/c1-10-9-11-7-5-6-8-12(11)15(2,3)13-16-17-14(18(10)13)20(4)19/h5-9H,1-4H3. The minimum atomic E-state index is -1.17. The number of hydrogen-bond acceptors (Lipinski definition) is 3. The monoisotopic (exact) mass is 287 g/mol. The largest absolute Gasteiger partial charge is 0.609 e. The molecule has 1 aromatic carbocycles. The van der Waals surface area contributed by atoms with Crippen molar-refractivity contribution in [2.24, 2.45) is 0 Å². The third-order valence-electron chi connectivity index (χ3n) is 3.80. The summed E-state index contributed by atoms with van der Waals surface area (Å²) in [6.07, 6.45) is 3.74. The fraction of sp³-hybridized carbons (Fsp3) is 0.333. The Hall–Kier alpha value is -1.59. The first-order valence-electron chi connectivity index (χ1n) is 6.50. The predicted octanol–water partition coefficient (Wildman–Crippen LogP) is 2.67. The van der Waals surface area contributed by atoms with E-state index in [-0.39, 0.29) is 5.41 Å². The Morgan fingerprint density at radius 2 is 1.90 bits per heavy atom. The molecule has 0 saturated heterocycles. The summed E-state index contributed by atoms with van der Waals surface area (Å²) in [4.78, 5) is 0. The van der Waals surface area contributed by atoms with E-state index in [0.29, 0.717) is 5.16 Å². The molecule has 0 saturated carbocycles. The van der Waals surface area contributed by atoms with Gasteiger partial charge in [-0.05, 0) is 38.0 Å². The van der Waals surface area contributed by atoms with Crippen LogP contribution in [0.4, 0.5) is 0 Å². The van der Waals surface area contributed by atoms with E-state index in [0.717, 1.165) is 11.5 Å². The summed E-state index contributed by atoms with van der Waals surface area (Å²) in [5.74, 6) is 0.835. The molecular formula is C15H17N3OS. The van der Waals surface area contributed by atoms with Crippen molar-refractivity contribution in [1.82, 2.24) is 14.8 Å². The van der Waals surface area contributed by atoms with Crippen LogP contribution < -0.4 is 0 Å². The second kappa shape index (κ2) is 4.46. The molecular weight excluding hydrogens is 270 g/mol. The van der Waals surface area contributed by atoms with Crippen LogP contribution in [0.1, 0.15) is 37.7 Å². The molecule has 0 N–H and O–H groups in total. The van der Waals surface area contributed by atoms with Crippen molar-refractivity contribution in [3.05, 3.63) is 41.2 Å². The predicted molar refractivity (Wildman–Crippen MR) is 80.8 cm³/mol. The number of fused-ring (bicyclic) bond motifs is 2. The van der Waals surface area contributed by atoms with E-state index in [2.05, 4.69) is 42.3 Å². The molecule has 0 radical (unpaired) electrons. The van der Waals surface area contributed by atoms with Crippen molar-refractivity contribution in [2.45, 2.75) is 31.3 Å². The van der Waals surface area contributed by atoms with Crippen molar-refractivity contribution in [2.75, 3.05) is 6.26 Å². The molecule has 3 rings (SSSR count). The van der Waals surface area contributed by atoms with Gasteiger partial charge in [-0.15, -0.1) is 5.10 Å². The summed E-state index contributed by atoms with van der Waals surface area (Å²) in [5.41, 5.74) is 3.09. The first-order valence-corrected chi connectivity index (χ1v) is 8.06. The zero-order valence-electron chi connectivity index (χ0n) is 12.0. The van der Waals surface area contributed by atoms with E-state index in [1.807, 2.05) is 23.6 Å². The Labute approximate surface area is 121 Å². The number of aromatic nitrogens is 3. The van der Waals surface area contributed by atoms with Crippen LogP contribution in [0, 0.1) is 0 Å². The molecule has 0 fully saturated rings. The van der Waals surface area contributed by atoms with Gasteiger partial charge in [0, 0.05) is 16.9 Å². The van der Waals surface area contributed by atoms with E-state index in [1.165, 1.54) is 11.1 Å². The van der Waals surface area contributed by atoms with E-state index < -0.39 is 11.2 Å². The average molecular weight is 287 g/mol. The number of hydrogen-bond donors (Lipinski definition) is 0. The highest BCUT2D eigenvalue weighted by Crippen LogP contribution is 2.38. The Morgan fingerprint density at radius 1 is 1.20 bits per heavy atom. The minimum absolute atomic E-state index is 0.282. The molecule has 0 bridgehead atoms. The van der Waals surface area contributed by atoms with Gasteiger partial charge in [-0.3, -0.25) is 0 Å². The van der Waals surface area contributed by atoms with Gasteiger partial charge >= 0.3 is 5.16 Å². The molecule has 0 aliphatic carbocycles. The molecule has 1 aliphatic heterocycles. The number of nitrogens with zero attached hydrogens (tertiary/aromatic N) is 3. The number of benzene rings is 1. The Balaban J connectivity index is 2.35. The summed E-state index contributed by atoms with van der Waals surface area (Å²) < 4.78 is 13.8. The first kappa shape index (κ1) is 13.4. The number of rotatable bonds is 1. The fourth-order valence-electron chi connectivity index (χ4n) is 2.78. The lowest BCUT2D eigenvalue weighted by Gasteiger charge is -2.24. The van der Waals surface area contributed by atoms with Crippen LogP contribution in [0.15, 0.2) is 29.4 Å². The van der Waals surface area contributed by atoms with Crippen LogP contribution in [-0.2, 0) is 16.6 Å². The molecule has 4 nitrogen and oxygen atoms in total. The Morgan fingerprint density at radius 3 is 2.60 bits per heavy atom. The van der Waals surface area contributed by atoms with Gasteiger partial charge in [0.05, 0.1) is 5.41 Å². The molecule has 0 amide bonds. The lowest BCUT2D eigenvalue weighted by molar-refractivity contribution is 0.568. The van der Waals surface area contributed by atoms with Crippen molar-refractivity contribution in [1.29, 1.82) is 0 Å². The highest BCUT2D eigenvalue weighted by Gasteiger charge is 2.36. The van der Waals surface area contributed by atoms with Gasteiger partial charge in [-0.2, -0.15) is 0 Å². The quantitative estimate of drug-likeness (QED) is 0.758. The summed E-state index contributed by atoms with van der Waals surface area (Å²) >= 11 is -1.17. The zero-order chi connectivity index (χ0) is 14.5. The first-order chi connectivity index (χ1) is 9.43. The maximum Gasteiger partial charge on any atom is 0.347 e. The van der Waals surface area contributed by atoms with Crippen molar-refractivity contribution in [3.8, 4) is 0 Å². The molecule has 104 valence electrons. The maximum atomic E-state index is 11.9. The molecule has 2 aromatic rings. The summed E-state index contributed by atoms with van der Waals surface area (Å²) in [5, 5.41) is 8.96. The summed E-state index contributed by atoms with van der Waals surface area (Å²) in [6, 6.07) is 8.29. The van der Waals surface area contributed by atoms with Crippen molar-refractivity contribution < 1.29 is 4.55 Å². The SMILES string of the molecule is CC1=Cc2ccccc2C(C)(C)c2nnc([S+](C)[O-])n21. The molecule has 20 heavy (non-hydrogen) atoms. The number of allylic oxidation sites excluding steroid dienone is 1. The lowest BCUT2D eigenvalue weighted by Crippen LogP contribution is -2.24. The maximum absolute atomic E-state index is 11.9. The fourth-order valence-corrected chi connectivity index (χ4v) is 3.42. The third kappa shape index (κ3) is 1.81. The highest BCUT2D eigenvalue weighted by atomic mass is 32.2. The average Bonchev–Trinajstić information content (AvgIpc) is 2.81. The molecule has 0 spiro atoms. The van der Waals surface area contributed by atoms with Crippen molar-refractivity contribution >= 4 is 22.9 Å². The highest BCUT2D eigenvalue weighted by molar-refractivity contribution is 7.90. The zero-order valence-corrected chi connectivity index (χ0v) is 12.9. The smallest absolute Gasteiger partial charge is 0.347 e. The van der Waals surface area contributed by atoms with Gasteiger partial charge in [0.1, 0.15) is 6.26 Å². The molecule has 1 unspecified atom stereocenters. The van der Waals surface area contributed by atoms with Gasteiger partial charge in [-0.1, -0.05) is 29.4 Å². The van der Waals surface area contributed by atoms with Crippen LogP contribution in [0.5, 0.6) is 0 Å². The van der Waals surface area contributed by atoms with Gasteiger partial charge in [0.15, 0.2) is 5.82 Å². The molecule has 5 heteroatoms. The summed E-state index contributed by atoms with van der Waals surface area (Å²) in [7, 11) is 0. The van der Waals surface area contributed by atoms with Crippen LogP contribution in [-0.4, -0.2) is 25.6 Å². The van der Waals surface area contributed by atoms with E-state index >= 15 is 0 Å². The van der Waals surface area contributed by atoms with E-state index in [9.17, 15) is 4.55 Å². The lowest BCUT2D eigenvalue weighted by atomic mass is 9.81. The van der Waals surface area contributed by atoms with E-state index in [4.69, 9.17) is 0 Å². The van der Waals surface area contributed by atoms with Crippen molar-refractivity contribution in [3.63, 3.8) is 0 Å². The normalized spacial score (nSPS) is 17.8.